The maximum Gasteiger partial charge on any atom is 0.0933 e. The van der Waals surface area contributed by atoms with Crippen LogP contribution >= 0.6 is 11.3 Å². The van der Waals surface area contributed by atoms with E-state index in [4.69, 9.17) is 4.98 Å². The standard InChI is InChI=1S/C13H22N2S/c1-9(2)7-12-15-13-10(8-14-3)5-4-6-11(13)16-12/h9-10,14H,4-8H2,1-3H3. The summed E-state index contributed by atoms with van der Waals surface area (Å²) in [6.45, 7) is 5.62. The first-order valence-corrected chi connectivity index (χ1v) is 7.15. The van der Waals surface area contributed by atoms with E-state index in [1.54, 1.807) is 4.88 Å². The largest absolute Gasteiger partial charge is 0.319 e. The average Bonchev–Trinajstić information content (AvgIpc) is 2.60. The second-order valence-corrected chi connectivity index (χ2v) is 6.33. The van der Waals surface area contributed by atoms with Crippen molar-refractivity contribution in [3.8, 4) is 0 Å². The Hall–Kier alpha value is -0.410. The summed E-state index contributed by atoms with van der Waals surface area (Å²) in [4.78, 5) is 6.43. The summed E-state index contributed by atoms with van der Waals surface area (Å²) in [6.07, 6.45) is 5.04. The zero-order valence-electron chi connectivity index (χ0n) is 10.5. The third kappa shape index (κ3) is 2.64. The Morgan fingerprint density at radius 2 is 2.31 bits per heavy atom. The molecule has 1 N–H and O–H groups in total. The van der Waals surface area contributed by atoms with Gasteiger partial charge in [0, 0.05) is 23.8 Å². The van der Waals surface area contributed by atoms with Crippen LogP contribution in [0.2, 0.25) is 0 Å². The fraction of sp³-hybridized carbons (Fsp3) is 0.769. The second-order valence-electron chi connectivity index (χ2n) is 5.16. The van der Waals surface area contributed by atoms with E-state index in [1.165, 1.54) is 30.0 Å². The zero-order chi connectivity index (χ0) is 11.5. The number of aryl methyl sites for hydroxylation is 1. The van der Waals surface area contributed by atoms with Gasteiger partial charge in [-0.3, -0.25) is 0 Å². The minimum Gasteiger partial charge on any atom is -0.319 e. The molecule has 0 saturated heterocycles. The normalized spacial score (nSPS) is 20.1. The fourth-order valence-electron chi connectivity index (χ4n) is 2.44. The van der Waals surface area contributed by atoms with E-state index >= 15 is 0 Å². The maximum atomic E-state index is 4.87. The summed E-state index contributed by atoms with van der Waals surface area (Å²) in [7, 11) is 2.04. The molecule has 0 aromatic carbocycles. The summed E-state index contributed by atoms with van der Waals surface area (Å²) in [5.74, 6) is 1.38. The predicted octanol–water partition coefficient (Wildman–Crippen LogP) is 2.98. The van der Waals surface area contributed by atoms with Gasteiger partial charge in [0.25, 0.3) is 0 Å². The molecule has 0 saturated carbocycles. The molecule has 1 aliphatic rings. The highest BCUT2D eigenvalue weighted by Crippen LogP contribution is 2.34. The minimum absolute atomic E-state index is 0.658. The van der Waals surface area contributed by atoms with Crippen LogP contribution < -0.4 is 5.32 Å². The van der Waals surface area contributed by atoms with Gasteiger partial charge in [-0.05, 0) is 32.2 Å². The molecule has 1 atom stereocenters. The van der Waals surface area contributed by atoms with E-state index in [9.17, 15) is 0 Å². The van der Waals surface area contributed by atoms with E-state index in [0.717, 1.165) is 18.9 Å². The van der Waals surface area contributed by atoms with E-state index in [1.807, 2.05) is 18.4 Å². The highest BCUT2D eigenvalue weighted by molar-refractivity contribution is 7.11. The Morgan fingerprint density at radius 1 is 1.50 bits per heavy atom. The van der Waals surface area contributed by atoms with Crippen LogP contribution in [0.15, 0.2) is 0 Å². The monoisotopic (exact) mass is 238 g/mol. The molecule has 1 aliphatic carbocycles. The number of hydrogen-bond donors (Lipinski definition) is 1. The van der Waals surface area contributed by atoms with Crippen LogP contribution in [0.5, 0.6) is 0 Å². The molecule has 1 unspecified atom stereocenters. The Kier molecular flexibility index (Phi) is 3.98. The lowest BCUT2D eigenvalue weighted by Gasteiger charge is -2.20. The van der Waals surface area contributed by atoms with E-state index in [-0.39, 0.29) is 0 Å². The molecule has 1 aromatic heterocycles. The first kappa shape index (κ1) is 12.1. The number of hydrogen-bond acceptors (Lipinski definition) is 3. The van der Waals surface area contributed by atoms with Gasteiger partial charge >= 0.3 is 0 Å². The van der Waals surface area contributed by atoms with Crippen molar-refractivity contribution >= 4 is 11.3 Å². The minimum atomic E-state index is 0.658. The number of likely N-dealkylation sites (N-methyl/N-ethyl adjacent to an activating group) is 1. The molecule has 2 nitrogen and oxygen atoms in total. The molecular weight excluding hydrogens is 216 g/mol. The summed E-state index contributed by atoms with van der Waals surface area (Å²) >= 11 is 1.95. The lowest BCUT2D eigenvalue weighted by Crippen LogP contribution is -2.21. The molecule has 1 heterocycles. The van der Waals surface area contributed by atoms with Crippen molar-refractivity contribution in [2.24, 2.45) is 5.92 Å². The smallest absolute Gasteiger partial charge is 0.0933 e. The second kappa shape index (κ2) is 5.28. The number of rotatable bonds is 4. The Balaban J connectivity index is 2.17. The van der Waals surface area contributed by atoms with Crippen molar-refractivity contribution < 1.29 is 0 Å². The van der Waals surface area contributed by atoms with Gasteiger partial charge in [-0.2, -0.15) is 0 Å². The van der Waals surface area contributed by atoms with Crippen LogP contribution in [-0.4, -0.2) is 18.6 Å². The Morgan fingerprint density at radius 3 is 3.00 bits per heavy atom. The van der Waals surface area contributed by atoms with Crippen LogP contribution in [0.1, 0.15) is 48.2 Å². The molecule has 0 amide bonds. The molecule has 90 valence electrons. The number of thiazole rings is 1. The molecule has 0 fully saturated rings. The van der Waals surface area contributed by atoms with Crippen LogP contribution in [0.4, 0.5) is 0 Å². The first-order chi connectivity index (χ1) is 7.70. The maximum absolute atomic E-state index is 4.87. The van der Waals surface area contributed by atoms with Crippen LogP contribution in [0, 0.1) is 5.92 Å². The third-order valence-corrected chi connectivity index (χ3v) is 4.30. The highest BCUT2D eigenvalue weighted by atomic mass is 32.1. The van der Waals surface area contributed by atoms with Gasteiger partial charge in [-0.25, -0.2) is 4.98 Å². The highest BCUT2D eigenvalue weighted by Gasteiger charge is 2.24. The van der Waals surface area contributed by atoms with Crippen molar-refractivity contribution in [2.45, 2.75) is 45.4 Å². The van der Waals surface area contributed by atoms with Gasteiger partial charge in [0.1, 0.15) is 0 Å². The Labute approximate surface area is 102 Å². The summed E-state index contributed by atoms with van der Waals surface area (Å²) < 4.78 is 0. The SMILES string of the molecule is CNCC1CCCc2sc(CC(C)C)nc21. The van der Waals surface area contributed by atoms with Gasteiger partial charge in [-0.15, -0.1) is 11.3 Å². The van der Waals surface area contributed by atoms with Gasteiger partial charge < -0.3 is 5.32 Å². The molecule has 3 heteroatoms. The molecule has 16 heavy (non-hydrogen) atoms. The number of aromatic nitrogens is 1. The summed E-state index contributed by atoms with van der Waals surface area (Å²) in [6, 6.07) is 0. The lowest BCUT2D eigenvalue weighted by atomic mass is 9.91. The van der Waals surface area contributed by atoms with Crippen LogP contribution in [0.25, 0.3) is 0 Å². The van der Waals surface area contributed by atoms with Crippen molar-refractivity contribution in [2.75, 3.05) is 13.6 Å². The summed E-state index contributed by atoms with van der Waals surface area (Å²) in [5.41, 5.74) is 1.40. The summed E-state index contributed by atoms with van der Waals surface area (Å²) in [5, 5.41) is 4.64. The zero-order valence-corrected chi connectivity index (χ0v) is 11.4. The average molecular weight is 238 g/mol. The molecule has 1 aromatic rings. The van der Waals surface area contributed by atoms with Crippen LogP contribution in [0.3, 0.4) is 0 Å². The number of nitrogens with zero attached hydrogens (tertiary/aromatic N) is 1. The fourth-order valence-corrected chi connectivity index (χ4v) is 3.85. The third-order valence-electron chi connectivity index (χ3n) is 3.15. The quantitative estimate of drug-likeness (QED) is 0.872. The van der Waals surface area contributed by atoms with Crippen molar-refractivity contribution in [1.29, 1.82) is 0 Å². The van der Waals surface area contributed by atoms with Gasteiger partial charge in [0.05, 0.1) is 10.7 Å². The van der Waals surface area contributed by atoms with E-state index < -0.39 is 0 Å². The first-order valence-electron chi connectivity index (χ1n) is 6.33. The Bertz CT molecular complexity index is 344. The van der Waals surface area contributed by atoms with Crippen LogP contribution in [-0.2, 0) is 12.8 Å². The number of fused-ring (bicyclic) bond motifs is 1. The van der Waals surface area contributed by atoms with Crippen molar-refractivity contribution in [3.05, 3.63) is 15.6 Å². The van der Waals surface area contributed by atoms with Gasteiger partial charge in [0.2, 0.25) is 0 Å². The topological polar surface area (TPSA) is 24.9 Å². The molecule has 0 bridgehead atoms. The molecule has 0 aliphatic heterocycles. The molecular formula is C13H22N2S. The van der Waals surface area contributed by atoms with E-state index in [0.29, 0.717) is 5.92 Å². The number of nitrogens with one attached hydrogen (secondary N) is 1. The van der Waals surface area contributed by atoms with Crippen molar-refractivity contribution in [1.82, 2.24) is 10.3 Å². The van der Waals surface area contributed by atoms with Gasteiger partial charge in [0.15, 0.2) is 0 Å². The van der Waals surface area contributed by atoms with Crippen molar-refractivity contribution in [3.63, 3.8) is 0 Å². The lowest BCUT2D eigenvalue weighted by molar-refractivity contribution is 0.520. The molecule has 0 spiro atoms. The van der Waals surface area contributed by atoms with Gasteiger partial charge in [-0.1, -0.05) is 13.8 Å². The predicted molar refractivity (Wildman–Crippen MR) is 70.3 cm³/mol. The van der Waals surface area contributed by atoms with E-state index in [2.05, 4.69) is 19.2 Å². The molecule has 0 radical (unpaired) electrons. The molecule has 2 rings (SSSR count).